The van der Waals surface area contributed by atoms with Gasteiger partial charge in [-0.2, -0.15) is 0 Å². The van der Waals surface area contributed by atoms with Crippen LogP contribution in [0, 0.1) is 0 Å². The van der Waals surface area contributed by atoms with Crippen molar-refractivity contribution in [3.8, 4) is 0 Å². The maximum Gasteiger partial charge on any atom is 0.192 e. The number of halogens is 1. The zero-order valence-electron chi connectivity index (χ0n) is 17.2. The zero-order chi connectivity index (χ0) is 18.6. The molecule has 2 nitrogen and oxygen atoms in total. The third-order valence-electron chi connectivity index (χ3n) is 6.28. The largest absolute Gasteiger partial charge is 0.414 e. The summed E-state index contributed by atoms with van der Waals surface area (Å²) in [7, 11) is -3.29. The Kier molecular flexibility index (Phi) is 8.72. The lowest BCUT2D eigenvalue weighted by atomic mass is 9.96. The summed E-state index contributed by atoms with van der Waals surface area (Å²) in [6.45, 7) is 18.7. The summed E-state index contributed by atoms with van der Waals surface area (Å²) in [6, 6.07) is 3.69. The van der Waals surface area contributed by atoms with Crippen LogP contribution in [0.3, 0.4) is 0 Å². The van der Waals surface area contributed by atoms with E-state index < -0.39 is 16.6 Å². The Bertz CT molecular complexity index is 417. The van der Waals surface area contributed by atoms with Gasteiger partial charge in [0.2, 0.25) is 0 Å². The van der Waals surface area contributed by atoms with Crippen molar-refractivity contribution in [1.29, 1.82) is 0 Å². The summed E-state index contributed by atoms with van der Waals surface area (Å²) in [6.07, 6.45) is 5.16. The van der Waals surface area contributed by atoms with E-state index in [4.69, 9.17) is 8.85 Å². The lowest BCUT2D eigenvalue weighted by molar-refractivity contribution is 0.104. The van der Waals surface area contributed by atoms with Gasteiger partial charge in [0.1, 0.15) is 0 Å². The molecule has 24 heavy (non-hydrogen) atoms. The fraction of sp³-hybridized carbons (Fsp3) is 0.895. The molecular formula is C19H39IO2Si2. The van der Waals surface area contributed by atoms with Gasteiger partial charge in [0.05, 0.1) is 12.2 Å². The van der Waals surface area contributed by atoms with Gasteiger partial charge in [-0.25, -0.2) is 0 Å². The third-order valence-corrected chi connectivity index (χ3v) is 16.3. The standard InChI is InChI=1S/C19H39IO2Si2/c1-9-24(10-2,11-3)21-17-13-12-16(15-20)18(14-17)22-23(7,8)19(4,5)6/h12,17-18H,9-11,13-15H2,1-8H3/t17-,18+/m0/s1. The molecule has 0 bridgehead atoms. The molecule has 0 fully saturated rings. The van der Waals surface area contributed by atoms with E-state index in [1.54, 1.807) is 0 Å². The Hall–Kier alpha value is 0.824. The van der Waals surface area contributed by atoms with Gasteiger partial charge in [-0.3, -0.25) is 0 Å². The van der Waals surface area contributed by atoms with Gasteiger partial charge in [0, 0.05) is 10.8 Å². The Balaban J connectivity index is 2.90. The molecule has 0 amide bonds. The number of hydrogen-bond acceptors (Lipinski definition) is 2. The van der Waals surface area contributed by atoms with Crippen molar-refractivity contribution in [3.63, 3.8) is 0 Å². The molecular weight excluding hydrogens is 443 g/mol. The summed E-state index contributed by atoms with van der Waals surface area (Å²) < 4.78 is 14.6. The van der Waals surface area contributed by atoms with Crippen LogP contribution >= 0.6 is 22.6 Å². The monoisotopic (exact) mass is 482 g/mol. The first-order valence-electron chi connectivity index (χ1n) is 9.64. The summed E-state index contributed by atoms with van der Waals surface area (Å²) in [4.78, 5) is 0. The van der Waals surface area contributed by atoms with Gasteiger partial charge in [-0.15, -0.1) is 0 Å². The van der Waals surface area contributed by atoms with Crippen LogP contribution < -0.4 is 0 Å². The van der Waals surface area contributed by atoms with E-state index >= 15 is 0 Å². The Morgan fingerprint density at radius 2 is 1.62 bits per heavy atom. The molecule has 1 aliphatic carbocycles. The van der Waals surface area contributed by atoms with E-state index in [-0.39, 0.29) is 11.1 Å². The minimum Gasteiger partial charge on any atom is -0.414 e. The van der Waals surface area contributed by atoms with Crippen LogP contribution in [0.15, 0.2) is 11.6 Å². The molecule has 2 atom stereocenters. The first-order valence-corrected chi connectivity index (χ1v) is 16.6. The molecule has 0 heterocycles. The predicted molar refractivity (Wildman–Crippen MR) is 120 cm³/mol. The molecule has 0 radical (unpaired) electrons. The molecule has 0 unspecified atom stereocenters. The van der Waals surface area contributed by atoms with Crippen molar-refractivity contribution in [1.82, 2.24) is 0 Å². The Morgan fingerprint density at radius 3 is 2.04 bits per heavy atom. The van der Waals surface area contributed by atoms with E-state index in [0.717, 1.165) is 17.3 Å². The molecule has 0 aromatic rings. The number of rotatable bonds is 8. The van der Waals surface area contributed by atoms with Gasteiger partial charge in [-0.1, -0.05) is 70.2 Å². The molecule has 0 aromatic carbocycles. The highest BCUT2D eigenvalue weighted by molar-refractivity contribution is 14.1. The summed E-state index contributed by atoms with van der Waals surface area (Å²) in [5.41, 5.74) is 1.48. The van der Waals surface area contributed by atoms with Crippen LogP contribution in [0.1, 0.15) is 54.4 Å². The van der Waals surface area contributed by atoms with Crippen molar-refractivity contribution in [2.45, 2.75) is 103 Å². The molecule has 0 spiro atoms. The molecule has 1 rings (SSSR count). The minimum absolute atomic E-state index is 0.256. The third kappa shape index (κ3) is 5.66. The highest BCUT2D eigenvalue weighted by Crippen LogP contribution is 2.40. The van der Waals surface area contributed by atoms with Gasteiger partial charge in [-0.05, 0) is 48.3 Å². The molecule has 0 saturated carbocycles. The Morgan fingerprint density at radius 1 is 1.08 bits per heavy atom. The van der Waals surface area contributed by atoms with Gasteiger partial charge in [0.15, 0.2) is 16.6 Å². The van der Waals surface area contributed by atoms with Crippen LogP contribution in [-0.4, -0.2) is 33.3 Å². The molecule has 1 aliphatic rings. The highest BCUT2D eigenvalue weighted by atomic mass is 127. The van der Waals surface area contributed by atoms with Crippen LogP contribution in [-0.2, 0) is 8.85 Å². The van der Waals surface area contributed by atoms with Crippen LogP contribution in [0.25, 0.3) is 0 Å². The molecule has 5 heteroatoms. The second kappa shape index (κ2) is 9.15. The highest BCUT2D eigenvalue weighted by Gasteiger charge is 2.41. The molecule has 142 valence electrons. The van der Waals surface area contributed by atoms with Crippen molar-refractivity contribution < 1.29 is 8.85 Å². The quantitative estimate of drug-likeness (QED) is 0.162. The lowest BCUT2D eigenvalue weighted by Crippen LogP contribution is -2.47. The van der Waals surface area contributed by atoms with E-state index in [1.165, 1.54) is 23.7 Å². The van der Waals surface area contributed by atoms with E-state index in [9.17, 15) is 0 Å². The zero-order valence-corrected chi connectivity index (χ0v) is 21.3. The molecule has 0 saturated heterocycles. The molecule has 0 aliphatic heterocycles. The van der Waals surface area contributed by atoms with Crippen LogP contribution in [0.2, 0.25) is 36.3 Å². The number of hydrogen-bond donors (Lipinski definition) is 0. The summed E-state index contributed by atoms with van der Waals surface area (Å²) >= 11 is 2.49. The van der Waals surface area contributed by atoms with Gasteiger partial charge < -0.3 is 8.85 Å². The maximum absolute atomic E-state index is 6.79. The maximum atomic E-state index is 6.79. The lowest BCUT2D eigenvalue weighted by Gasteiger charge is -2.43. The molecule has 0 N–H and O–H groups in total. The summed E-state index contributed by atoms with van der Waals surface area (Å²) in [5, 5.41) is 0.256. The summed E-state index contributed by atoms with van der Waals surface area (Å²) in [5.74, 6) is 0. The van der Waals surface area contributed by atoms with Gasteiger partial charge in [0.25, 0.3) is 0 Å². The second-order valence-corrected chi connectivity index (χ2v) is 19.0. The topological polar surface area (TPSA) is 18.5 Å². The van der Waals surface area contributed by atoms with Crippen molar-refractivity contribution in [2.75, 3.05) is 4.43 Å². The Labute approximate surface area is 166 Å². The van der Waals surface area contributed by atoms with E-state index in [2.05, 4.69) is 83.3 Å². The van der Waals surface area contributed by atoms with Crippen molar-refractivity contribution in [2.24, 2.45) is 0 Å². The smallest absolute Gasteiger partial charge is 0.192 e. The average molecular weight is 483 g/mol. The fourth-order valence-electron chi connectivity index (χ4n) is 3.15. The number of alkyl halides is 1. The molecule has 0 aromatic heterocycles. The van der Waals surface area contributed by atoms with E-state index in [1.807, 2.05) is 0 Å². The van der Waals surface area contributed by atoms with Crippen LogP contribution in [0.4, 0.5) is 0 Å². The minimum atomic E-state index is -1.75. The first kappa shape index (κ1) is 22.9. The van der Waals surface area contributed by atoms with Gasteiger partial charge >= 0.3 is 0 Å². The van der Waals surface area contributed by atoms with E-state index in [0.29, 0.717) is 6.10 Å². The van der Waals surface area contributed by atoms with Crippen LogP contribution in [0.5, 0.6) is 0 Å². The first-order chi connectivity index (χ1) is 11.0. The average Bonchev–Trinajstić information content (AvgIpc) is 2.51. The second-order valence-electron chi connectivity index (χ2n) is 8.73. The normalized spacial score (nSPS) is 23.3. The SMILES string of the molecule is CC[Si](CC)(CC)O[C@H]1CC=C(CI)[C@H](O[Si](C)(C)C(C)(C)C)C1. The fourth-order valence-corrected chi connectivity index (χ4v) is 8.16. The van der Waals surface area contributed by atoms with Crippen molar-refractivity contribution in [3.05, 3.63) is 11.6 Å². The van der Waals surface area contributed by atoms with Crippen molar-refractivity contribution >= 4 is 39.2 Å². The predicted octanol–water partition coefficient (Wildman–Crippen LogP) is 6.92.